The molecule has 0 radical (unpaired) electrons. The second-order valence-electron chi connectivity index (χ2n) is 5.97. The Labute approximate surface area is 163 Å². The Balaban J connectivity index is 1.84. The first-order chi connectivity index (χ1) is 13.3. The maximum atomic E-state index is 12.6. The lowest BCUT2D eigenvalue weighted by atomic mass is 10.1. The number of pyridine rings is 1. The molecular formula is C19H16ClF3N4O. The Morgan fingerprint density at radius 2 is 1.82 bits per heavy atom. The molecule has 2 heterocycles. The summed E-state index contributed by atoms with van der Waals surface area (Å²) in [5, 5.41) is 6.93. The number of hydrogen-bond donors (Lipinski definition) is 1. The SMILES string of the molecule is CCc1ccccc1CNc1cnn(-c2ccc(C(F)(F)F)cn2)c(=O)c1Cl. The number of aromatic nitrogens is 3. The van der Waals surface area contributed by atoms with Crippen molar-refractivity contribution in [3.05, 3.63) is 80.9 Å². The summed E-state index contributed by atoms with van der Waals surface area (Å²) >= 11 is 6.15. The van der Waals surface area contributed by atoms with Crippen molar-refractivity contribution in [3.63, 3.8) is 0 Å². The summed E-state index contributed by atoms with van der Waals surface area (Å²) in [5.74, 6) is -0.0530. The first-order valence-electron chi connectivity index (χ1n) is 8.43. The van der Waals surface area contributed by atoms with Gasteiger partial charge in [0.1, 0.15) is 5.02 Å². The summed E-state index contributed by atoms with van der Waals surface area (Å²) < 4.78 is 38.8. The van der Waals surface area contributed by atoms with Gasteiger partial charge in [-0.2, -0.15) is 23.0 Å². The third kappa shape index (κ3) is 4.17. The first-order valence-corrected chi connectivity index (χ1v) is 8.81. The average molecular weight is 409 g/mol. The highest BCUT2D eigenvalue weighted by Gasteiger charge is 2.30. The van der Waals surface area contributed by atoms with E-state index in [0.29, 0.717) is 18.4 Å². The third-order valence-corrected chi connectivity index (χ3v) is 4.54. The fourth-order valence-corrected chi connectivity index (χ4v) is 2.86. The van der Waals surface area contributed by atoms with E-state index in [-0.39, 0.29) is 10.8 Å². The molecule has 2 aromatic heterocycles. The Morgan fingerprint density at radius 1 is 1.11 bits per heavy atom. The Hall–Kier alpha value is -2.87. The van der Waals surface area contributed by atoms with E-state index in [1.54, 1.807) is 0 Å². The van der Waals surface area contributed by atoms with Crippen LogP contribution in [0.4, 0.5) is 18.9 Å². The van der Waals surface area contributed by atoms with Gasteiger partial charge < -0.3 is 5.32 Å². The molecular weight excluding hydrogens is 393 g/mol. The topological polar surface area (TPSA) is 59.8 Å². The number of aryl methyl sites for hydroxylation is 1. The second kappa shape index (κ2) is 8.02. The van der Waals surface area contributed by atoms with Crippen LogP contribution in [0.1, 0.15) is 23.6 Å². The molecule has 0 saturated heterocycles. The van der Waals surface area contributed by atoms with Crippen molar-refractivity contribution in [1.82, 2.24) is 14.8 Å². The number of nitrogens with zero attached hydrogens (tertiary/aromatic N) is 3. The molecule has 0 aliphatic rings. The molecule has 3 rings (SSSR count). The van der Waals surface area contributed by atoms with Crippen LogP contribution in [-0.4, -0.2) is 14.8 Å². The second-order valence-corrected chi connectivity index (χ2v) is 6.35. The van der Waals surface area contributed by atoms with Crippen molar-refractivity contribution in [1.29, 1.82) is 0 Å². The van der Waals surface area contributed by atoms with Gasteiger partial charge in [0.2, 0.25) is 0 Å². The Kier molecular flexibility index (Phi) is 5.69. The molecule has 1 aromatic carbocycles. The lowest BCUT2D eigenvalue weighted by Crippen LogP contribution is -2.23. The maximum Gasteiger partial charge on any atom is 0.417 e. The lowest BCUT2D eigenvalue weighted by molar-refractivity contribution is -0.137. The van der Waals surface area contributed by atoms with Crippen molar-refractivity contribution in [2.45, 2.75) is 26.1 Å². The zero-order chi connectivity index (χ0) is 20.3. The summed E-state index contributed by atoms with van der Waals surface area (Å²) in [6.45, 7) is 2.50. The minimum atomic E-state index is -4.51. The van der Waals surface area contributed by atoms with Crippen LogP contribution in [0.15, 0.2) is 53.6 Å². The summed E-state index contributed by atoms with van der Waals surface area (Å²) in [5.41, 5.74) is 0.975. The standard InChI is InChI=1S/C19H16ClF3N4O/c1-2-12-5-3-4-6-13(12)9-24-15-11-26-27(18(28)17(15)20)16-8-7-14(10-25-16)19(21,22)23/h3-8,10-11,24H,2,9H2,1H3. The average Bonchev–Trinajstić information content (AvgIpc) is 2.69. The lowest BCUT2D eigenvalue weighted by Gasteiger charge is -2.12. The molecule has 0 unspecified atom stereocenters. The molecule has 0 spiro atoms. The molecule has 0 saturated carbocycles. The molecule has 0 aliphatic carbocycles. The van der Waals surface area contributed by atoms with Crippen LogP contribution in [0.25, 0.3) is 5.82 Å². The van der Waals surface area contributed by atoms with Crippen molar-refractivity contribution in [2.24, 2.45) is 0 Å². The van der Waals surface area contributed by atoms with Gasteiger partial charge in [-0.1, -0.05) is 42.8 Å². The molecule has 0 atom stereocenters. The van der Waals surface area contributed by atoms with E-state index >= 15 is 0 Å². The van der Waals surface area contributed by atoms with E-state index in [1.807, 2.05) is 31.2 Å². The number of anilines is 1. The molecule has 0 amide bonds. The molecule has 0 aliphatic heterocycles. The zero-order valence-electron chi connectivity index (χ0n) is 14.8. The van der Waals surface area contributed by atoms with Crippen molar-refractivity contribution in [2.75, 3.05) is 5.32 Å². The van der Waals surface area contributed by atoms with Gasteiger partial charge >= 0.3 is 6.18 Å². The predicted molar refractivity (Wildman–Crippen MR) is 101 cm³/mol. The van der Waals surface area contributed by atoms with Crippen LogP contribution in [0.3, 0.4) is 0 Å². The number of nitrogens with one attached hydrogen (secondary N) is 1. The maximum absolute atomic E-state index is 12.6. The van der Waals surface area contributed by atoms with Crippen molar-refractivity contribution < 1.29 is 13.2 Å². The van der Waals surface area contributed by atoms with Crippen molar-refractivity contribution in [3.8, 4) is 5.82 Å². The molecule has 28 heavy (non-hydrogen) atoms. The molecule has 5 nitrogen and oxygen atoms in total. The molecule has 1 N–H and O–H groups in total. The summed E-state index contributed by atoms with van der Waals surface area (Å²) in [6, 6.07) is 9.77. The number of alkyl halides is 3. The van der Waals surface area contributed by atoms with Crippen LogP contribution in [0.2, 0.25) is 5.02 Å². The number of rotatable bonds is 5. The van der Waals surface area contributed by atoms with Crippen LogP contribution in [0.5, 0.6) is 0 Å². The highest BCUT2D eigenvalue weighted by Crippen LogP contribution is 2.28. The zero-order valence-corrected chi connectivity index (χ0v) is 15.6. The third-order valence-electron chi connectivity index (χ3n) is 4.18. The smallest absolute Gasteiger partial charge is 0.378 e. The largest absolute Gasteiger partial charge is 0.417 e. The van der Waals surface area contributed by atoms with Crippen LogP contribution in [-0.2, 0) is 19.1 Å². The van der Waals surface area contributed by atoms with Gasteiger partial charge in [0.05, 0.1) is 17.4 Å². The van der Waals surface area contributed by atoms with Crippen LogP contribution < -0.4 is 10.9 Å². The monoisotopic (exact) mass is 408 g/mol. The predicted octanol–water partition coefficient (Wildman–Crippen LogP) is 4.47. The van der Waals surface area contributed by atoms with Gasteiger partial charge in [0.25, 0.3) is 5.56 Å². The molecule has 146 valence electrons. The van der Waals surface area contributed by atoms with E-state index in [9.17, 15) is 18.0 Å². The Morgan fingerprint density at radius 3 is 2.43 bits per heavy atom. The van der Waals surface area contributed by atoms with E-state index in [0.717, 1.165) is 28.8 Å². The molecule has 9 heteroatoms. The fraction of sp³-hybridized carbons (Fsp3) is 0.211. The van der Waals surface area contributed by atoms with E-state index < -0.39 is 17.3 Å². The number of halogens is 4. The van der Waals surface area contributed by atoms with Crippen molar-refractivity contribution >= 4 is 17.3 Å². The highest BCUT2D eigenvalue weighted by atomic mass is 35.5. The normalized spacial score (nSPS) is 11.5. The van der Waals surface area contributed by atoms with Gasteiger partial charge in [-0.05, 0) is 29.7 Å². The van der Waals surface area contributed by atoms with Gasteiger partial charge in [-0.3, -0.25) is 4.79 Å². The van der Waals surface area contributed by atoms with Gasteiger partial charge in [-0.15, -0.1) is 0 Å². The fourth-order valence-electron chi connectivity index (χ4n) is 2.66. The van der Waals surface area contributed by atoms with Crippen LogP contribution >= 0.6 is 11.6 Å². The summed E-state index contributed by atoms with van der Waals surface area (Å²) in [6.07, 6.45) is -1.65. The molecule has 3 aromatic rings. The van der Waals surface area contributed by atoms with E-state index in [4.69, 9.17) is 11.6 Å². The molecule has 0 bridgehead atoms. The molecule has 0 fully saturated rings. The van der Waals surface area contributed by atoms with Gasteiger partial charge in [0.15, 0.2) is 5.82 Å². The summed E-state index contributed by atoms with van der Waals surface area (Å²) in [7, 11) is 0. The van der Waals surface area contributed by atoms with Crippen LogP contribution in [0, 0.1) is 0 Å². The van der Waals surface area contributed by atoms with Gasteiger partial charge in [-0.25, -0.2) is 4.98 Å². The minimum absolute atomic E-state index is 0.0530. The minimum Gasteiger partial charge on any atom is -0.378 e. The van der Waals surface area contributed by atoms with Gasteiger partial charge in [0, 0.05) is 12.7 Å². The van der Waals surface area contributed by atoms with E-state index in [2.05, 4.69) is 15.4 Å². The number of benzene rings is 1. The summed E-state index contributed by atoms with van der Waals surface area (Å²) in [4.78, 5) is 16.1. The van der Waals surface area contributed by atoms with E-state index in [1.165, 1.54) is 11.8 Å². The Bertz CT molecular complexity index is 1030. The highest BCUT2D eigenvalue weighted by molar-refractivity contribution is 6.32. The quantitative estimate of drug-likeness (QED) is 0.676. The first kappa shape index (κ1) is 19.9. The number of hydrogen-bond acceptors (Lipinski definition) is 4.